The molecule has 0 radical (unpaired) electrons. The molecule has 2 aromatic rings. The molecule has 1 aliphatic carbocycles. The Hall–Kier alpha value is -2.64. The van der Waals surface area contributed by atoms with Crippen molar-refractivity contribution in [3.63, 3.8) is 0 Å². The Labute approximate surface area is 160 Å². The molecule has 2 aromatic carbocycles. The third-order valence-electron chi connectivity index (χ3n) is 5.85. The van der Waals surface area contributed by atoms with Gasteiger partial charge in [0.1, 0.15) is 0 Å². The number of nitriles is 1. The summed E-state index contributed by atoms with van der Waals surface area (Å²) in [5.74, 6) is -0.0513. The third kappa shape index (κ3) is 3.61. The first-order valence-corrected chi connectivity index (χ1v) is 9.71. The van der Waals surface area contributed by atoms with Crippen LogP contribution in [0.3, 0.4) is 0 Å². The summed E-state index contributed by atoms with van der Waals surface area (Å²) < 4.78 is 5.30. The molecule has 4 rings (SSSR count). The normalized spacial score (nSPS) is 20.9. The van der Waals surface area contributed by atoms with Crippen LogP contribution in [-0.4, -0.2) is 25.2 Å². The lowest BCUT2D eigenvalue weighted by atomic mass is 9.80. The second kappa shape index (κ2) is 7.54. The van der Waals surface area contributed by atoms with Gasteiger partial charge in [0.15, 0.2) is 0 Å². The summed E-state index contributed by atoms with van der Waals surface area (Å²) in [6, 6.07) is 18.7. The van der Waals surface area contributed by atoms with E-state index in [0.717, 1.165) is 48.8 Å². The van der Waals surface area contributed by atoms with Crippen molar-refractivity contribution in [1.29, 1.82) is 5.26 Å². The molecule has 1 saturated carbocycles. The van der Waals surface area contributed by atoms with Crippen LogP contribution in [0, 0.1) is 11.3 Å². The molecule has 27 heavy (non-hydrogen) atoms. The van der Waals surface area contributed by atoms with E-state index in [-0.39, 0.29) is 17.4 Å². The van der Waals surface area contributed by atoms with Crippen LogP contribution >= 0.6 is 0 Å². The van der Waals surface area contributed by atoms with E-state index < -0.39 is 0 Å². The van der Waals surface area contributed by atoms with Gasteiger partial charge in [0.05, 0.1) is 24.1 Å². The van der Waals surface area contributed by atoms with Gasteiger partial charge in [0.25, 0.3) is 5.91 Å². The van der Waals surface area contributed by atoms with Crippen LogP contribution in [0.5, 0.6) is 0 Å². The molecule has 1 saturated heterocycles. The molecule has 4 heteroatoms. The highest BCUT2D eigenvalue weighted by molar-refractivity contribution is 5.94. The van der Waals surface area contributed by atoms with Crippen LogP contribution in [0.15, 0.2) is 48.5 Å². The van der Waals surface area contributed by atoms with Gasteiger partial charge in [-0.05, 0) is 48.1 Å². The second-order valence-electron chi connectivity index (χ2n) is 7.59. The van der Waals surface area contributed by atoms with E-state index in [1.165, 1.54) is 0 Å². The van der Waals surface area contributed by atoms with Crippen molar-refractivity contribution < 1.29 is 9.53 Å². The largest absolute Gasteiger partial charge is 0.379 e. The fourth-order valence-corrected chi connectivity index (χ4v) is 4.16. The Morgan fingerprint density at radius 2 is 1.67 bits per heavy atom. The number of carbonyl (C=O) groups excluding carboxylic acids is 1. The van der Waals surface area contributed by atoms with Crippen LogP contribution in [0.2, 0.25) is 0 Å². The van der Waals surface area contributed by atoms with Gasteiger partial charge < -0.3 is 10.1 Å². The summed E-state index contributed by atoms with van der Waals surface area (Å²) in [7, 11) is 0. The van der Waals surface area contributed by atoms with Crippen LogP contribution in [0.4, 0.5) is 0 Å². The lowest BCUT2D eigenvalue weighted by molar-refractivity contribution is 0.0930. The smallest absolute Gasteiger partial charge is 0.251 e. The SMILES string of the molecule is N#CC1(c2ccc(-c3ccc(C(=O)N[C@@H]4CCOC4)cc3)cc2)CCCC1. The molecule has 0 bridgehead atoms. The molecule has 1 N–H and O–H groups in total. The predicted molar refractivity (Wildman–Crippen MR) is 104 cm³/mol. The molecule has 1 aliphatic heterocycles. The maximum atomic E-state index is 12.3. The fourth-order valence-electron chi connectivity index (χ4n) is 4.16. The van der Waals surface area contributed by atoms with E-state index in [4.69, 9.17) is 4.74 Å². The molecular weight excluding hydrogens is 336 g/mol. The van der Waals surface area contributed by atoms with Gasteiger partial charge in [0, 0.05) is 12.2 Å². The molecule has 2 aliphatic rings. The molecule has 0 unspecified atom stereocenters. The number of nitrogens with zero attached hydrogens (tertiary/aromatic N) is 1. The van der Waals surface area contributed by atoms with Crippen molar-refractivity contribution in [3.05, 3.63) is 59.7 Å². The number of ether oxygens (including phenoxy) is 1. The van der Waals surface area contributed by atoms with E-state index >= 15 is 0 Å². The van der Waals surface area contributed by atoms with Crippen LogP contribution in [0.25, 0.3) is 11.1 Å². The molecule has 0 spiro atoms. The van der Waals surface area contributed by atoms with E-state index in [2.05, 4.69) is 35.7 Å². The molecule has 138 valence electrons. The standard InChI is InChI=1S/C23H24N2O2/c24-16-23(12-1-2-13-23)20-9-7-18(8-10-20)17-3-5-19(6-4-17)22(26)25-21-11-14-27-15-21/h3-10,21H,1-2,11-15H2,(H,25,26)/t21-/m1/s1. The number of amides is 1. The number of hydrogen-bond donors (Lipinski definition) is 1. The molecule has 1 atom stereocenters. The zero-order valence-electron chi connectivity index (χ0n) is 15.4. The van der Waals surface area contributed by atoms with Gasteiger partial charge in [-0.15, -0.1) is 0 Å². The first kappa shape index (κ1) is 17.8. The van der Waals surface area contributed by atoms with Gasteiger partial charge in [-0.2, -0.15) is 5.26 Å². The highest BCUT2D eigenvalue weighted by Gasteiger charge is 2.35. The van der Waals surface area contributed by atoms with Gasteiger partial charge in [-0.25, -0.2) is 0 Å². The number of rotatable bonds is 4. The minimum Gasteiger partial charge on any atom is -0.379 e. The molecule has 2 fully saturated rings. The fraction of sp³-hybridized carbons (Fsp3) is 0.391. The maximum Gasteiger partial charge on any atom is 0.251 e. The van der Waals surface area contributed by atoms with Gasteiger partial charge in [0.2, 0.25) is 0 Å². The van der Waals surface area contributed by atoms with Crippen LogP contribution in [0.1, 0.15) is 48.0 Å². The third-order valence-corrected chi connectivity index (χ3v) is 5.85. The van der Waals surface area contributed by atoms with Gasteiger partial charge >= 0.3 is 0 Å². The minimum atomic E-state index is -0.301. The molecule has 0 aromatic heterocycles. The lowest BCUT2D eigenvalue weighted by Crippen LogP contribution is -2.34. The van der Waals surface area contributed by atoms with Crippen molar-refractivity contribution in [3.8, 4) is 17.2 Å². The maximum absolute atomic E-state index is 12.3. The first-order chi connectivity index (χ1) is 13.2. The highest BCUT2D eigenvalue weighted by atomic mass is 16.5. The van der Waals surface area contributed by atoms with Crippen molar-refractivity contribution >= 4 is 5.91 Å². The highest BCUT2D eigenvalue weighted by Crippen LogP contribution is 2.41. The zero-order chi connectivity index (χ0) is 18.7. The average Bonchev–Trinajstić information content (AvgIpc) is 3.41. The molecular formula is C23H24N2O2. The van der Waals surface area contributed by atoms with Crippen LogP contribution < -0.4 is 5.32 Å². The van der Waals surface area contributed by atoms with Crippen molar-refractivity contribution in [2.45, 2.75) is 43.6 Å². The minimum absolute atomic E-state index is 0.0513. The Morgan fingerprint density at radius 3 is 2.22 bits per heavy atom. The summed E-state index contributed by atoms with van der Waals surface area (Å²) in [6.45, 7) is 1.31. The quantitative estimate of drug-likeness (QED) is 0.888. The number of nitrogens with one attached hydrogen (secondary N) is 1. The summed E-state index contributed by atoms with van der Waals surface area (Å²) >= 11 is 0. The topological polar surface area (TPSA) is 62.1 Å². The van der Waals surface area contributed by atoms with E-state index in [9.17, 15) is 10.1 Å². The number of carbonyl (C=O) groups is 1. The summed E-state index contributed by atoms with van der Waals surface area (Å²) in [5.41, 5.74) is 3.66. The van der Waals surface area contributed by atoms with E-state index in [0.29, 0.717) is 18.8 Å². The monoisotopic (exact) mass is 360 g/mol. The molecule has 1 amide bonds. The Bertz CT molecular complexity index is 837. The van der Waals surface area contributed by atoms with Crippen LogP contribution in [-0.2, 0) is 10.2 Å². The summed E-state index contributed by atoms with van der Waals surface area (Å²) in [6.07, 6.45) is 5.05. The first-order valence-electron chi connectivity index (χ1n) is 9.71. The summed E-state index contributed by atoms with van der Waals surface area (Å²) in [5, 5.41) is 12.7. The van der Waals surface area contributed by atoms with Crippen molar-refractivity contribution in [2.75, 3.05) is 13.2 Å². The summed E-state index contributed by atoms with van der Waals surface area (Å²) in [4.78, 5) is 12.3. The Kier molecular flexibility index (Phi) is 4.96. The van der Waals surface area contributed by atoms with E-state index in [1.807, 2.05) is 24.3 Å². The Morgan fingerprint density at radius 1 is 1.04 bits per heavy atom. The van der Waals surface area contributed by atoms with E-state index in [1.54, 1.807) is 0 Å². The number of benzene rings is 2. The van der Waals surface area contributed by atoms with Gasteiger partial charge in [-0.3, -0.25) is 4.79 Å². The lowest BCUT2D eigenvalue weighted by Gasteiger charge is -2.21. The van der Waals surface area contributed by atoms with Crippen molar-refractivity contribution in [2.24, 2.45) is 0 Å². The second-order valence-corrected chi connectivity index (χ2v) is 7.59. The number of hydrogen-bond acceptors (Lipinski definition) is 3. The average molecular weight is 360 g/mol. The zero-order valence-corrected chi connectivity index (χ0v) is 15.4. The molecule has 4 nitrogen and oxygen atoms in total. The van der Waals surface area contributed by atoms with Crippen molar-refractivity contribution in [1.82, 2.24) is 5.32 Å². The van der Waals surface area contributed by atoms with Gasteiger partial charge in [-0.1, -0.05) is 49.2 Å². The molecule has 1 heterocycles. The Balaban J connectivity index is 1.47. The predicted octanol–water partition coefficient (Wildman–Crippen LogP) is 4.21.